The molecule has 4 heteroatoms. The molecule has 1 heterocycles. The summed E-state index contributed by atoms with van der Waals surface area (Å²) in [6.45, 7) is 3.70. The maximum atomic E-state index is 11.4. The summed E-state index contributed by atoms with van der Waals surface area (Å²) in [5, 5.41) is 9.38. The summed E-state index contributed by atoms with van der Waals surface area (Å²) in [6, 6.07) is 14.9. The third kappa shape index (κ3) is 2.29. The summed E-state index contributed by atoms with van der Waals surface area (Å²) in [7, 11) is 0. The fourth-order valence-electron chi connectivity index (χ4n) is 2.45. The molecule has 0 bridgehead atoms. The van der Waals surface area contributed by atoms with Crippen molar-refractivity contribution < 1.29 is 9.90 Å². The largest absolute Gasteiger partial charge is 0.480 e. The smallest absolute Gasteiger partial charge is 0.326 e. The van der Waals surface area contributed by atoms with Crippen molar-refractivity contribution in [3.05, 3.63) is 54.1 Å². The van der Waals surface area contributed by atoms with Gasteiger partial charge in [0.05, 0.1) is 11.0 Å². The van der Waals surface area contributed by atoms with Crippen LogP contribution in [0.1, 0.15) is 18.5 Å². The van der Waals surface area contributed by atoms with E-state index in [-0.39, 0.29) is 0 Å². The summed E-state index contributed by atoms with van der Waals surface area (Å²) in [4.78, 5) is 16.0. The van der Waals surface area contributed by atoms with Gasteiger partial charge in [0.25, 0.3) is 0 Å². The fourth-order valence-corrected chi connectivity index (χ4v) is 2.45. The Kier molecular flexibility index (Phi) is 3.22. The number of para-hydroxylation sites is 2. The van der Waals surface area contributed by atoms with Gasteiger partial charge in [0.1, 0.15) is 11.9 Å². The van der Waals surface area contributed by atoms with Crippen molar-refractivity contribution in [1.82, 2.24) is 9.55 Å². The van der Waals surface area contributed by atoms with E-state index in [2.05, 4.69) is 4.98 Å². The SMILES string of the molecule is Cc1ccc(-c2nc3ccccc3n2C(C)C(=O)O)cc1. The molecule has 3 aromatic rings. The van der Waals surface area contributed by atoms with Gasteiger partial charge in [-0.1, -0.05) is 42.0 Å². The van der Waals surface area contributed by atoms with E-state index in [0.29, 0.717) is 5.82 Å². The molecule has 0 aliphatic rings. The van der Waals surface area contributed by atoms with Crippen LogP contribution in [0.5, 0.6) is 0 Å². The van der Waals surface area contributed by atoms with Crippen LogP contribution in [0.2, 0.25) is 0 Å². The molecule has 1 atom stereocenters. The number of hydrogen-bond acceptors (Lipinski definition) is 2. The van der Waals surface area contributed by atoms with E-state index in [1.807, 2.05) is 55.5 Å². The summed E-state index contributed by atoms with van der Waals surface area (Å²) in [6.07, 6.45) is 0. The second-order valence-electron chi connectivity index (χ2n) is 5.17. The molecule has 0 amide bonds. The molecule has 1 aromatic heterocycles. The predicted octanol–water partition coefficient (Wildman–Crippen LogP) is 3.66. The summed E-state index contributed by atoms with van der Waals surface area (Å²) < 4.78 is 1.78. The van der Waals surface area contributed by atoms with E-state index >= 15 is 0 Å². The first kappa shape index (κ1) is 13.4. The molecule has 3 rings (SSSR count). The molecule has 0 spiro atoms. The van der Waals surface area contributed by atoms with Crippen LogP contribution < -0.4 is 0 Å². The normalized spacial score (nSPS) is 12.5. The molecule has 21 heavy (non-hydrogen) atoms. The summed E-state index contributed by atoms with van der Waals surface area (Å²) in [5.74, 6) is -0.183. The van der Waals surface area contributed by atoms with Crippen LogP contribution in [-0.4, -0.2) is 20.6 Å². The minimum absolute atomic E-state index is 0.672. The van der Waals surface area contributed by atoms with E-state index in [0.717, 1.165) is 22.2 Å². The van der Waals surface area contributed by atoms with Gasteiger partial charge < -0.3 is 9.67 Å². The molecule has 0 saturated carbocycles. The van der Waals surface area contributed by atoms with Crippen LogP contribution >= 0.6 is 0 Å². The summed E-state index contributed by atoms with van der Waals surface area (Å²) in [5.41, 5.74) is 3.72. The van der Waals surface area contributed by atoms with Gasteiger partial charge in [-0.2, -0.15) is 0 Å². The Morgan fingerprint density at radius 2 is 1.81 bits per heavy atom. The lowest BCUT2D eigenvalue weighted by atomic mass is 10.1. The third-order valence-corrected chi connectivity index (χ3v) is 3.65. The summed E-state index contributed by atoms with van der Waals surface area (Å²) >= 11 is 0. The molecular weight excluding hydrogens is 264 g/mol. The standard InChI is InChI=1S/C17H16N2O2/c1-11-7-9-13(10-8-11)16-18-14-5-3-4-6-15(14)19(16)12(2)17(20)21/h3-10,12H,1-2H3,(H,20,21). The Balaban J connectivity index is 2.28. The van der Waals surface area contributed by atoms with Crippen molar-refractivity contribution in [2.75, 3.05) is 0 Å². The van der Waals surface area contributed by atoms with Gasteiger partial charge in [-0.15, -0.1) is 0 Å². The fraction of sp³-hybridized carbons (Fsp3) is 0.176. The van der Waals surface area contributed by atoms with Crippen molar-refractivity contribution >= 4 is 17.0 Å². The molecule has 0 saturated heterocycles. The van der Waals surface area contributed by atoms with Crippen LogP contribution in [0.25, 0.3) is 22.4 Å². The van der Waals surface area contributed by atoms with Crippen molar-refractivity contribution in [1.29, 1.82) is 0 Å². The van der Waals surface area contributed by atoms with E-state index in [1.54, 1.807) is 11.5 Å². The second-order valence-corrected chi connectivity index (χ2v) is 5.17. The van der Waals surface area contributed by atoms with E-state index in [9.17, 15) is 9.90 Å². The number of imidazole rings is 1. The topological polar surface area (TPSA) is 55.1 Å². The highest BCUT2D eigenvalue weighted by atomic mass is 16.4. The lowest BCUT2D eigenvalue weighted by Gasteiger charge is -2.13. The number of aliphatic carboxylic acids is 1. The zero-order chi connectivity index (χ0) is 15.0. The zero-order valence-electron chi connectivity index (χ0n) is 11.9. The van der Waals surface area contributed by atoms with Gasteiger partial charge in [0, 0.05) is 5.56 Å². The quantitative estimate of drug-likeness (QED) is 0.796. The van der Waals surface area contributed by atoms with Crippen molar-refractivity contribution in [2.45, 2.75) is 19.9 Å². The maximum absolute atomic E-state index is 11.4. The van der Waals surface area contributed by atoms with Crippen molar-refractivity contribution in [3.8, 4) is 11.4 Å². The van der Waals surface area contributed by atoms with E-state index < -0.39 is 12.0 Å². The number of carboxylic acid groups (broad SMARTS) is 1. The van der Waals surface area contributed by atoms with Gasteiger partial charge in [-0.25, -0.2) is 9.78 Å². The number of benzene rings is 2. The molecule has 4 nitrogen and oxygen atoms in total. The number of hydrogen-bond donors (Lipinski definition) is 1. The van der Waals surface area contributed by atoms with Crippen molar-refractivity contribution in [3.63, 3.8) is 0 Å². The molecule has 1 unspecified atom stereocenters. The molecule has 106 valence electrons. The number of aryl methyl sites for hydroxylation is 1. The number of carbonyl (C=O) groups is 1. The minimum atomic E-state index is -0.869. The number of aromatic nitrogens is 2. The number of rotatable bonds is 3. The molecule has 0 aliphatic carbocycles. The van der Waals surface area contributed by atoms with Crippen LogP contribution in [0.3, 0.4) is 0 Å². The molecule has 0 aliphatic heterocycles. The number of carboxylic acids is 1. The number of nitrogens with zero attached hydrogens (tertiary/aromatic N) is 2. The molecular formula is C17H16N2O2. The first-order valence-electron chi connectivity index (χ1n) is 6.85. The Morgan fingerprint density at radius 1 is 1.14 bits per heavy atom. The average molecular weight is 280 g/mol. The second kappa shape index (κ2) is 5.05. The Hall–Kier alpha value is -2.62. The average Bonchev–Trinajstić information content (AvgIpc) is 2.86. The lowest BCUT2D eigenvalue weighted by molar-refractivity contribution is -0.140. The lowest BCUT2D eigenvalue weighted by Crippen LogP contribution is -2.16. The molecule has 0 fully saturated rings. The molecule has 0 radical (unpaired) electrons. The van der Waals surface area contributed by atoms with Gasteiger partial charge >= 0.3 is 5.97 Å². The molecule has 1 N–H and O–H groups in total. The van der Waals surface area contributed by atoms with Gasteiger partial charge in [0.15, 0.2) is 0 Å². The van der Waals surface area contributed by atoms with Crippen LogP contribution in [0.15, 0.2) is 48.5 Å². The predicted molar refractivity (Wildman–Crippen MR) is 82.3 cm³/mol. The van der Waals surface area contributed by atoms with E-state index in [4.69, 9.17) is 0 Å². The van der Waals surface area contributed by atoms with Crippen LogP contribution in [0.4, 0.5) is 0 Å². The minimum Gasteiger partial charge on any atom is -0.480 e. The number of fused-ring (bicyclic) bond motifs is 1. The third-order valence-electron chi connectivity index (χ3n) is 3.65. The highest BCUT2D eigenvalue weighted by Crippen LogP contribution is 2.28. The highest BCUT2D eigenvalue weighted by molar-refractivity contribution is 5.84. The van der Waals surface area contributed by atoms with Crippen LogP contribution in [0, 0.1) is 6.92 Å². The Labute approximate surface area is 122 Å². The van der Waals surface area contributed by atoms with Gasteiger partial charge in [0.2, 0.25) is 0 Å². The Morgan fingerprint density at radius 3 is 2.48 bits per heavy atom. The first-order chi connectivity index (χ1) is 10.1. The van der Waals surface area contributed by atoms with Gasteiger partial charge in [-0.05, 0) is 26.0 Å². The van der Waals surface area contributed by atoms with E-state index in [1.165, 1.54) is 0 Å². The maximum Gasteiger partial charge on any atom is 0.326 e. The van der Waals surface area contributed by atoms with Crippen molar-refractivity contribution in [2.24, 2.45) is 0 Å². The first-order valence-corrected chi connectivity index (χ1v) is 6.85. The highest BCUT2D eigenvalue weighted by Gasteiger charge is 2.21. The van der Waals surface area contributed by atoms with Gasteiger partial charge in [-0.3, -0.25) is 0 Å². The molecule has 2 aromatic carbocycles. The Bertz CT molecular complexity index is 803. The monoisotopic (exact) mass is 280 g/mol. The van der Waals surface area contributed by atoms with Crippen LogP contribution in [-0.2, 0) is 4.79 Å². The zero-order valence-corrected chi connectivity index (χ0v) is 11.9.